The van der Waals surface area contributed by atoms with Crippen molar-refractivity contribution in [2.75, 3.05) is 0 Å². The number of carbonyl (C=O) groups excluding carboxylic acids is 1. The van der Waals surface area contributed by atoms with Crippen LogP contribution < -0.4 is 11.2 Å². The predicted octanol–water partition coefficient (Wildman–Crippen LogP) is 3.28. The molecule has 3 heterocycles. The molecular formula is C26H23N3O4. The maximum absolute atomic E-state index is 13.6. The molecular weight excluding hydrogens is 418 g/mol. The van der Waals surface area contributed by atoms with Crippen LogP contribution in [-0.2, 0) is 24.3 Å². The fourth-order valence-corrected chi connectivity index (χ4v) is 4.18. The average Bonchev–Trinajstić information content (AvgIpc) is 2.81. The second-order valence-electron chi connectivity index (χ2n) is 8.82. The van der Waals surface area contributed by atoms with Crippen molar-refractivity contribution >= 4 is 16.8 Å². The Bertz CT molecular complexity index is 1490. The summed E-state index contributed by atoms with van der Waals surface area (Å²) in [6.07, 6.45) is 0.543. The number of benzene rings is 2. The first-order valence-corrected chi connectivity index (χ1v) is 10.8. The summed E-state index contributed by atoms with van der Waals surface area (Å²) in [6, 6.07) is 19.2. The lowest BCUT2D eigenvalue weighted by Gasteiger charge is -2.31. The van der Waals surface area contributed by atoms with Crippen LogP contribution in [0.5, 0.6) is 0 Å². The van der Waals surface area contributed by atoms with E-state index in [-0.39, 0.29) is 23.4 Å². The lowest BCUT2D eigenvalue weighted by molar-refractivity contribution is -0.0411. The summed E-state index contributed by atoms with van der Waals surface area (Å²) < 4.78 is 8.31. The van der Waals surface area contributed by atoms with Crippen LogP contribution in [0.3, 0.4) is 0 Å². The largest absolute Gasteiger partial charge is 0.370 e. The number of ether oxygens (including phenoxy) is 1. The van der Waals surface area contributed by atoms with Crippen LogP contribution in [0.4, 0.5) is 0 Å². The summed E-state index contributed by atoms with van der Waals surface area (Å²) in [4.78, 5) is 44.8. The van der Waals surface area contributed by atoms with E-state index in [2.05, 4.69) is 0 Å². The number of carbonyl (C=O) groups is 1. The Balaban J connectivity index is 1.78. The van der Waals surface area contributed by atoms with Crippen LogP contribution in [0.25, 0.3) is 16.7 Å². The number of Topliss-reactive ketones (excluding diaryl/α,β-unsaturated/α-hetero) is 1. The number of hydrogen-bond acceptors (Lipinski definition) is 5. The molecule has 33 heavy (non-hydrogen) atoms. The minimum Gasteiger partial charge on any atom is -0.370 e. The minimum absolute atomic E-state index is 0.220. The third-order valence-corrected chi connectivity index (χ3v) is 5.91. The van der Waals surface area contributed by atoms with Crippen molar-refractivity contribution in [3.05, 3.63) is 104 Å². The third kappa shape index (κ3) is 3.81. The molecule has 2 aromatic heterocycles. The molecule has 166 valence electrons. The summed E-state index contributed by atoms with van der Waals surface area (Å²) >= 11 is 0. The van der Waals surface area contributed by atoms with Gasteiger partial charge in [-0.2, -0.15) is 0 Å². The number of rotatable bonds is 4. The van der Waals surface area contributed by atoms with E-state index in [4.69, 9.17) is 9.72 Å². The van der Waals surface area contributed by atoms with E-state index in [0.717, 1.165) is 15.8 Å². The Labute approximate surface area is 189 Å². The Hall–Kier alpha value is -3.84. The molecule has 2 aromatic carbocycles. The highest BCUT2D eigenvalue weighted by Gasteiger charge is 2.29. The first-order chi connectivity index (χ1) is 15.8. The van der Waals surface area contributed by atoms with Crippen molar-refractivity contribution in [1.82, 2.24) is 14.1 Å². The van der Waals surface area contributed by atoms with E-state index in [0.29, 0.717) is 24.3 Å². The molecule has 1 aliphatic heterocycles. The molecule has 0 radical (unpaired) electrons. The number of ketones is 1. The minimum atomic E-state index is -0.596. The van der Waals surface area contributed by atoms with Gasteiger partial charge in [0.25, 0.3) is 5.56 Å². The van der Waals surface area contributed by atoms with Crippen molar-refractivity contribution < 1.29 is 9.53 Å². The molecule has 0 spiro atoms. The van der Waals surface area contributed by atoms with Gasteiger partial charge in [-0.1, -0.05) is 48.5 Å². The number of aromatic nitrogens is 3. The van der Waals surface area contributed by atoms with E-state index >= 15 is 0 Å². The van der Waals surface area contributed by atoms with Crippen LogP contribution in [0.1, 0.15) is 35.5 Å². The van der Waals surface area contributed by atoms with Gasteiger partial charge in [0.15, 0.2) is 5.78 Å². The average molecular weight is 441 g/mol. The van der Waals surface area contributed by atoms with Crippen LogP contribution in [0.15, 0.2) is 76.3 Å². The van der Waals surface area contributed by atoms with Crippen molar-refractivity contribution in [3.63, 3.8) is 0 Å². The molecule has 0 fully saturated rings. The van der Waals surface area contributed by atoms with E-state index in [1.54, 1.807) is 54.6 Å². The second-order valence-corrected chi connectivity index (χ2v) is 8.82. The predicted molar refractivity (Wildman–Crippen MR) is 125 cm³/mol. The van der Waals surface area contributed by atoms with E-state index in [1.165, 1.54) is 4.57 Å². The van der Waals surface area contributed by atoms with Gasteiger partial charge in [-0.15, -0.1) is 0 Å². The van der Waals surface area contributed by atoms with Gasteiger partial charge >= 0.3 is 5.69 Å². The molecule has 0 aliphatic carbocycles. The lowest BCUT2D eigenvalue weighted by Crippen LogP contribution is -2.41. The maximum Gasteiger partial charge on any atom is 0.337 e. The number of nitrogens with zero attached hydrogens (tertiary/aromatic N) is 3. The van der Waals surface area contributed by atoms with Gasteiger partial charge in [0, 0.05) is 17.5 Å². The van der Waals surface area contributed by atoms with Crippen molar-refractivity contribution in [2.45, 2.75) is 39.0 Å². The highest BCUT2D eigenvalue weighted by molar-refractivity contribution is 5.96. The van der Waals surface area contributed by atoms with Gasteiger partial charge in [0.05, 0.1) is 35.5 Å². The first-order valence-electron chi connectivity index (χ1n) is 10.8. The van der Waals surface area contributed by atoms with Crippen molar-refractivity contribution in [1.29, 1.82) is 0 Å². The summed E-state index contributed by atoms with van der Waals surface area (Å²) in [5, 5.41) is 0.279. The molecule has 0 amide bonds. The summed E-state index contributed by atoms with van der Waals surface area (Å²) in [6.45, 7) is 4.05. The number of fused-ring (bicyclic) bond motifs is 2. The van der Waals surface area contributed by atoms with Crippen LogP contribution in [-0.4, -0.2) is 25.5 Å². The number of hydrogen-bond donors (Lipinski definition) is 0. The number of para-hydroxylation sites is 1. The van der Waals surface area contributed by atoms with Gasteiger partial charge < -0.3 is 4.74 Å². The van der Waals surface area contributed by atoms with Crippen molar-refractivity contribution in [2.24, 2.45) is 0 Å². The summed E-state index contributed by atoms with van der Waals surface area (Å²) in [5.74, 6) is -0.236. The molecule has 7 nitrogen and oxygen atoms in total. The topological polar surface area (TPSA) is 83.2 Å². The Morgan fingerprint density at radius 3 is 2.39 bits per heavy atom. The van der Waals surface area contributed by atoms with Gasteiger partial charge in [0.2, 0.25) is 0 Å². The summed E-state index contributed by atoms with van der Waals surface area (Å²) in [5.41, 5.74) is 1.27. The molecule has 0 unspecified atom stereocenters. The monoisotopic (exact) mass is 441 g/mol. The zero-order valence-corrected chi connectivity index (χ0v) is 18.4. The fraction of sp³-hybridized carbons (Fsp3) is 0.231. The van der Waals surface area contributed by atoms with Gasteiger partial charge in [-0.05, 0) is 32.0 Å². The highest BCUT2D eigenvalue weighted by atomic mass is 16.5. The Morgan fingerprint density at radius 2 is 1.70 bits per heavy atom. The van der Waals surface area contributed by atoms with Crippen LogP contribution in [0.2, 0.25) is 0 Å². The SMILES string of the molecule is CC1(C)Cc2nc3c(cc2CO1)c(=O)n(-c1ccccc1)c(=O)n3CC(=O)c1ccccc1. The van der Waals surface area contributed by atoms with Gasteiger partial charge in [0.1, 0.15) is 5.65 Å². The van der Waals surface area contributed by atoms with E-state index in [1.807, 2.05) is 26.0 Å². The maximum atomic E-state index is 13.6. The molecule has 7 heteroatoms. The molecule has 0 saturated heterocycles. The zero-order chi connectivity index (χ0) is 23.2. The van der Waals surface area contributed by atoms with Gasteiger partial charge in [-0.25, -0.2) is 14.3 Å². The van der Waals surface area contributed by atoms with Crippen LogP contribution in [0, 0.1) is 0 Å². The molecule has 0 atom stereocenters. The molecule has 5 rings (SSSR count). The molecule has 4 aromatic rings. The summed E-state index contributed by atoms with van der Waals surface area (Å²) in [7, 11) is 0. The lowest BCUT2D eigenvalue weighted by atomic mass is 9.95. The van der Waals surface area contributed by atoms with Gasteiger partial charge in [-0.3, -0.25) is 14.2 Å². The van der Waals surface area contributed by atoms with E-state index in [9.17, 15) is 14.4 Å². The molecule has 1 aliphatic rings. The quantitative estimate of drug-likeness (QED) is 0.454. The van der Waals surface area contributed by atoms with E-state index < -0.39 is 16.9 Å². The highest BCUT2D eigenvalue weighted by Crippen LogP contribution is 2.28. The second kappa shape index (κ2) is 7.94. The Kier molecular flexibility index (Phi) is 5.06. The molecule has 0 bridgehead atoms. The standard InChI is InChI=1S/C26H23N3O4/c1-26(2)14-21-18(16-33-26)13-20-23(27-21)28(15-22(30)17-9-5-3-6-10-17)25(32)29(24(20)31)19-11-7-4-8-12-19/h3-13H,14-16H2,1-2H3. The van der Waals surface area contributed by atoms with Crippen LogP contribution >= 0.6 is 0 Å². The number of pyridine rings is 1. The van der Waals surface area contributed by atoms with Crippen molar-refractivity contribution in [3.8, 4) is 5.69 Å². The smallest absolute Gasteiger partial charge is 0.337 e. The Morgan fingerprint density at radius 1 is 1.03 bits per heavy atom. The molecule has 0 saturated carbocycles. The molecule has 0 N–H and O–H groups in total. The normalized spacial score (nSPS) is 14.7. The third-order valence-electron chi connectivity index (χ3n) is 5.91. The fourth-order valence-electron chi connectivity index (χ4n) is 4.18. The first kappa shape index (κ1) is 21.0. The zero-order valence-electron chi connectivity index (χ0n) is 18.4.